The fourth-order valence-electron chi connectivity index (χ4n) is 2.47. The van der Waals surface area contributed by atoms with Crippen molar-refractivity contribution in [1.82, 2.24) is 10.6 Å². The summed E-state index contributed by atoms with van der Waals surface area (Å²) < 4.78 is 0. The summed E-state index contributed by atoms with van der Waals surface area (Å²) in [7, 11) is 0. The van der Waals surface area contributed by atoms with Crippen LogP contribution in [0.2, 0.25) is 0 Å². The lowest BCUT2D eigenvalue weighted by molar-refractivity contribution is -0.131. The van der Waals surface area contributed by atoms with Crippen molar-refractivity contribution in [3.63, 3.8) is 0 Å². The average molecular weight is 284 g/mol. The molecule has 0 aromatic rings. The van der Waals surface area contributed by atoms with Crippen LogP contribution in [0.25, 0.3) is 0 Å². The molecule has 116 valence electrons. The fourth-order valence-corrected chi connectivity index (χ4v) is 2.47. The maximum atomic E-state index is 11.8. The minimum absolute atomic E-state index is 0.00237. The molecule has 3 N–H and O–H groups in total. The van der Waals surface area contributed by atoms with E-state index in [2.05, 4.69) is 10.6 Å². The Bertz CT molecular complexity index is 342. The zero-order chi connectivity index (χ0) is 15.2. The summed E-state index contributed by atoms with van der Waals surface area (Å²) in [5.41, 5.74) is -0.655. The van der Waals surface area contributed by atoms with Crippen LogP contribution in [0.3, 0.4) is 0 Å². The number of aliphatic hydroxyl groups is 1. The van der Waals surface area contributed by atoms with E-state index in [0.717, 1.165) is 25.7 Å². The molecule has 20 heavy (non-hydrogen) atoms. The second-order valence-electron chi connectivity index (χ2n) is 6.93. The van der Waals surface area contributed by atoms with Gasteiger partial charge in [0.25, 0.3) is 0 Å². The first-order chi connectivity index (χ1) is 9.29. The number of hydrogen-bond acceptors (Lipinski definition) is 3. The van der Waals surface area contributed by atoms with E-state index in [-0.39, 0.29) is 30.4 Å². The molecule has 0 aromatic heterocycles. The molecule has 1 fully saturated rings. The topological polar surface area (TPSA) is 78.4 Å². The van der Waals surface area contributed by atoms with Gasteiger partial charge in [-0.1, -0.05) is 40.0 Å². The Morgan fingerprint density at radius 2 is 1.70 bits per heavy atom. The van der Waals surface area contributed by atoms with Crippen LogP contribution in [0, 0.1) is 10.8 Å². The summed E-state index contributed by atoms with van der Waals surface area (Å²) in [5.74, 6) is -0.330. The van der Waals surface area contributed by atoms with E-state index in [1.54, 1.807) is 0 Å². The Kier molecular flexibility index (Phi) is 5.99. The van der Waals surface area contributed by atoms with Gasteiger partial charge in [-0.25, -0.2) is 0 Å². The number of amides is 2. The van der Waals surface area contributed by atoms with Gasteiger partial charge in [0.05, 0.1) is 13.2 Å². The molecular weight excluding hydrogens is 256 g/mol. The van der Waals surface area contributed by atoms with Gasteiger partial charge in [-0.3, -0.25) is 9.59 Å². The van der Waals surface area contributed by atoms with Crippen LogP contribution in [-0.4, -0.2) is 36.6 Å². The molecule has 1 aliphatic rings. The van der Waals surface area contributed by atoms with E-state index >= 15 is 0 Å². The van der Waals surface area contributed by atoms with Crippen molar-refractivity contribution in [2.24, 2.45) is 10.8 Å². The predicted molar refractivity (Wildman–Crippen MR) is 78.1 cm³/mol. The Morgan fingerprint density at radius 3 is 2.20 bits per heavy atom. The molecule has 5 nitrogen and oxygen atoms in total. The smallest absolute Gasteiger partial charge is 0.239 e. The zero-order valence-corrected chi connectivity index (χ0v) is 12.9. The molecule has 1 aliphatic carbocycles. The number of carbonyl (C=O) groups excluding carboxylic acids is 2. The highest BCUT2D eigenvalue weighted by molar-refractivity contribution is 5.87. The van der Waals surface area contributed by atoms with Crippen LogP contribution in [0.15, 0.2) is 0 Å². The lowest BCUT2D eigenvalue weighted by atomic mass is 9.74. The van der Waals surface area contributed by atoms with Gasteiger partial charge >= 0.3 is 0 Å². The molecule has 0 atom stereocenters. The minimum Gasteiger partial charge on any atom is -0.396 e. The lowest BCUT2D eigenvalue weighted by Crippen LogP contribution is -2.46. The first-order valence-corrected chi connectivity index (χ1v) is 7.45. The first-order valence-electron chi connectivity index (χ1n) is 7.45. The number of hydrogen-bond donors (Lipinski definition) is 3. The van der Waals surface area contributed by atoms with Gasteiger partial charge in [0.15, 0.2) is 0 Å². The maximum absolute atomic E-state index is 11.8. The van der Waals surface area contributed by atoms with Crippen molar-refractivity contribution in [2.75, 3.05) is 19.7 Å². The van der Waals surface area contributed by atoms with Crippen LogP contribution in [0.1, 0.15) is 52.9 Å². The minimum atomic E-state index is -0.490. The van der Waals surface area contributed by atoms with Gasteiger partial charge in [0, 0.05) is 17.4 Å². The molecule has 0 radical (unpaired) electrons. The summed E-state index contributed by atoms with van der Waals surface area (Å²) >= 11 is 0. The molecule has 1 saturated carbocycles. The molecule has 0 heterocycles. The second kappa shape index (κ2) is 7.07. The SMILES string of the molecule is CC(C)(C)C(=O)NCC(=O)NCC1(CO)CCCCC1. The Morgan fingerprint density at radius 1 is 1.10 bits per heavy atom. The standard InChI is InChI=1S/C15H28N2O3/c1-14(2,3)13(20)16-9-12(19)17-10-15(11-18)7-5-4-6-8-15/h18H,4-11H2,1-3H3,(H,16,20)(H,17,19). The van der Waals surface area contributed by atoms with Crippen molar-refractivity contribution in [3.8, 4) is 0 Å². The fraction of sp³-hybridized carbons (Fsp3) is 0.867. The number of nitrogens with one attached hydrogen (secondary N) is 2. The third kappa shape index (κ3) is 5.12. The van der Waals surface area contributed by atoms with Crippen LogP contribution in [-0.2, 0) is 9.59 Å². The van der Waals surface area contributed by atoms with Crippen molar-refractivity contribution in [2.45, 2.75) is 52.9 Å². The predicted octanol–water partition coefficient (Wildman–Crippen LogP) is 1.21. The molecule has 0 spiro atoms. The normalized spacial score (nSPS) is 18.4. The maximum Gasteiger partial charge on any atom is 0.239 e. The monoisotopic (exact) mass is 284 g/mol. The Balaban J connectivity index is 2.34. The molecule has 0 aromatic carbocycles. The summed E-state index contributed by atoms with van der Waals surface area (Å²) in [6, 6.07) is 0. The molecule has 2 amide bonds. The van der Waals surface area contributed by atoms with E-state index in [4.69, 9.17) is 0 Å². The van der Waals surface area contributed by atoms with Gasteiger partial charge in [0.1, 0.15) is 0 Å². The van der Waals surface area contributed by atoms with Crippen LogP contribution < -0.4 is 10.6 Å². The van der Waals surface area contributed by atoms with Crippen LogP contribution in [0.4, 0.5) is 0 Å². The Hall–Kier alpha value is -1.10. The van der Waals surface area contributed by atoms with Crippen LogP contribution in [0.5, 0.6) is 0 Å². The summed E-state index contributed by atoms with van der Waals surface area (Å²) in [6.07, 6.45) is 5.34. The summed E-state index contributed by atoms with van der Waals surface area (Å²) in [5, 5.41) is 15.0. The summed E-state index contributed by atoms with van der Waals surface area (Å²) in [4.78, 5) is 23.4. The summed E-state index contributed by atoms with van der Waals surface area (Å²) in [6.45, 7) is 6.03. The third-order valence-electron chi connectivity index (χ3n) is 4.00. The lowest BCUT2D eigenvalue weighted by Gasteiger charge is -2.35. The van der Waals surface area contributed by atoms with Gasteiger partial charge in [-0.05, 0) is 12.8 Å². The van der Waals surface area contributed by atoms with E-state index in [9.17, 15) is 14.7 Å². The van der Waals surface area contributed by atoms with E-state index in [1.807, 2.05) is 20.8 Å². The largest absolute Gasteiger partial charge is 0.396 e. The molecule has 0 unspecified atom stereocenters. The van der Waals surface area contributed by atoms with Crippen molar-refractivity contribution in [1.29, 1.82) is 0 Å². The number of carbonyl (C=O) groups is 2. The van der Waals surface area contributed by atoms with E-state index < -0.39 is 5.41 Å². The first kappa shape index (κ1) is 17.0. The van der Waals surface area contributed by atoms with Gasteiger partial charge in [-0.15, -0.1) is 0 Å². The molecule has 5 heteroatoms. The van der Waals surface area contributed by atoms with Crippen LogP contribution >= 0.6 is 0 Å². The quantitative estimate of drug-likeness (QED) is 0.710. The number of rotatable bonds is 5. The average Bonchev–Trinajstić information content (AvgIpc) is 2.42. The van der Waals surface area contributed by atoms with Crippen molar-refractivity contribution >= 4 is 11.8 Å². The van der Waals surface area contributed by atoms with Gasteiger partial charge < -0.3 is 15.7 Å². The van der Waals surface area contributed by atoms with Gasteiger partial charge in [-0.2, -0.15) is 0 Å². The van der Waals surface area contributed by atoms with E-state index in [1.165, 1.54) is 6.42 Å². The second-order valence-corrected chi connectivity index (χ2v) is 6.93. The highest BCUT2D eigenvalue weighted by Crippen LogP contribution is 2.35. The van der Waals surface area contributed by atoms with E-state index in [0.29, 0.717) is 6.54 Å². The molecule has 0 bridgehead atoms. The van der Waals surface area contributed by atoms with Gasteiger partial charge in [0.2, 0.25) is 11.8 Å². The zero-order valence-electron chi connectivity index (χ0n) is 12.9. The highest BCUT2D eigenvalue weighted by atomic mass is 16.3. The highest BCUT2D eigenvalue weighted by Gasteiger charge is 2.31. The molecule has 0 saturated heterocycles. The molecular formula is C15H28N2O3. The molecule has 1 rings (SSSR count). The third-order valence-corrected chi connectivity index (χ3v) is 4.00. The number of aliphatic hydroxyl groups excluding tert-OH is 1. The van der Waals surface area contributed by atoms with Crippen molar-refractivity contribution in [3.05, 3.63) is 0 Å². The molecule has 0 aliphatic heterocycles. The van der Waals surface area contributed by atoms with Crippen molar-refractivity contribution < 1.29 is 14.7 Å². The Labute approximate surface area is 121 Å².